The molecule has 1 aliphatic carbocycles. The maximum absolute atomic E-state index is 14.7. The standard InChI is InChI=1S/C23H14F7N7/c24-18-14(8-12(10-32-18)11-4-5-11)19-35-20(15-2-1-3-16(34-15)22(25,26)27)37-21(36-19)33-13-6-7-31-17(9-13)23(28,29)30/h1-3,6-11H,4-5H2,(H,31,33,35,36,37). The molecule has 0 unspecified atom stereocenters. The van der Waals surface area contributed by atoms with Crippen molar-refractivity contribution in [1.29, 1.82) is 0 Å². The molecule has 7 nitrogen and oxygen atoms in total. The summed E-state index contributed by atoms with van der Waals surface area (Å²) < 4.78 is 93.6. The molecular formula is C23H14F7N7. The van der Waals surface area contributed by atoms with E-state index in [-0.39, 0.29) is 40.5 Å². The maximum Gasteiger partial charge on any atom is 0.433 e. The number of nitrogens with one attached hydrogen (secondary N) is 1. The van der Waals surface area contributed by atoms with E-state index in [0.29, 0.717) is 6.07 Å². The molecule has 0 aliphatic heterocycles. The first kappa shape index (κ1) is 24.5. The smallest absolute Gasteiger partial charge is 0.324 e. The van der Waals surface area contributed by atoms with Crippen LogP contribution in [0.3, 0.4) is 0 Å². The van der Waals surface area contributed by atoms with Gasteiger partial charge in [0.15, 0.2) is 11.6 Å². The lowest BCUT2D eigenvalue weighted by Crippen LogP contribution is -2.10. The lowest BCUT2D eigenvalue weighted by Gasteiger charge is -2.12. The van der Waals surface area contributed by atoms with Gasteiger partial charge in [-0.25, -0.2) is 15.0 Å². The van der Waals surface area contributed by atoms with Crippen LogP contribution in [0.4, 0.5) is 42.4 Å². The fourth-order valence-corrected chi connectivity index (χ4v) is 3.44. The Balaban J connectivity index is 1.63. The third-order valence-corrected chi connectivity index (χ3v) is 5.36. The molecule has 1 fully saturated rings. The van der Waals surface area contributed by atoms with Crippen molar-refractivity contribution >= 4 is 11.6 Å². The molecule has 0 atom stereocenters. The molecule has 0 aromatic carbocycles. The van der Waals surface area contributed by atoms with Crippen molar-refractivity contribution in [3.05, 3.63) is 71.7 Å². The Bertz CT molecular complexity index is 1470. The van der Waals surface area contributed by atoms with Crippen LogP contribution in [-0.2, 0) is 12.4 Å². The second kappa shape index (κ2) is 9.01. The highest BCUT2D eigenvalue weighted by molar-refractivity contribution is 5.64. The van der Waals surface area contributed by atoms with Gasteiger partial charge in [0.05, 0.1) is 5.56 Å². The zero-order valence-electron chi connectivity index (χ0n) is 18.4. The molecule has 1 aliphatic rings. The highest BCUT2D eigenvalue weighted by Crippen LogP contribution is 2.41. The van der Waals surface area contributed by atoms with Crippen LogP contribution in [0.15, 0.2) is 48.8 Å². The van der Waals surface area contributed by atoms with Crippen molar-refractivity contribution in [3.63, 3.8) is 0 Å². The van der Waals surface area contributed by atoms with Crippen LogP contribution in [0, 0.1) is 5.95 Å². The van der Waals surface area contributed by atoms with Crippen molar-refractivity contribution in [1.82, 2.24) is 29.9 Å². The molecule has 1 N–H and O–H groups in total. The molecule has 4 aromatic rings. The number of anilines is 2. The van der Waals surface area contributed by atoms with E-state index in [1.165, 1.54) is 24.4 Å². The molecule has 0 amide bonds. The molecule has 5 rings (SSSR count). The number of alkyl halides is 6. The second-order valence-electron chi connectivity index (χ2n) is 8.15. The summed E-state index contributed by atoms with van der Waals surface area (Å²) in [4.78, 5) is 22.8. The van der Waals surface area contributed by atoms with Crippen molar-refractivity contribution in [2.24, 2.45) is 0 Å². The molecule has 0 radical (unpaired) electrons. The molecule has 4 heterocycles. The highest BCUT2D eigenvalue weighted by atomic mass is 19.4. The fourth-order valence-electron chi connectivity index (χ4n) is 3.44. The van der Waals surface area contributed by atoms with E-state index in [4.69, 9.17) is 0 Å². The topological polar surface area (TPSA) is 89.4 Å². The minimum absolute atomic E-state index is 0.118. The Labute approximate surface area is 203 Å². The van der Waals surface area contributed by atoms with E-state index >= 15 is 0 Å². The van der Waals surface area contributed by atoms with E-state index < -0.39 is 29.7 Å². The van der Waals surface area contributed by atoms with E-state index in [2.05, 4.69) is 35.2 Å². The van der Waals surface area contributed by atoms with Crippen LogP contribution >= 0.6 is 0 Å². The minimum Gasteiger partial charge on any atom is -0.324 e. The number of hydrogen-bond donors (Lipinski definition) is 1. The van der Waals surface area contributed by atoms with Crippen molar-refractivity contribution in [2.75, 3.05) is 5.32 Å². The van der Waals surface area contributed by atoms with Gasteiger partial charge in [-0.1, -0.05) is 6.07 Å². The summed E-state index contributed by atoms with van der Waals surface area (Å²) in [6, 6.07) is 6.44. The number of nitrogens with zero attached hydrogens (tertiary/aromatic N) is 6. The van der Waals surface area contributed by atoms with Gasteiger partial charge in [-0.15, -0.1) is 0 Å². The first-order chi connectivity index (χ1) is 17.5. The molecule has 0 bridgehead atoms. The third-order valence-electron chi connectivity index (χ3n) is 5.36. The van der Waals surface area contributed by atoms with Crippen molar-refractivity contribution < 1.29 is 30.7 Å². The number of halogens is 7. The quantitative estimate of drug-likeness (QED) is 0.248. The van der Waals surface area contributed by atoms with Crippen LogP contribution in [-0.4, -0.2) is 29.9 Å². The molecule has 4 aromatic heterocycles. The predicted molar refractivity (Wildman–Crippen MR) is 116 cm³/mol. The minimum atomic E-state index is -4.76. The van der Waals surface area contributed by atoms with Gasteiger partial charge in [-0.05, 0) is 54.7 Å². The number of hydrogen-bond acceptors (Lipinski definition) is 7. The van der Waals surface area contributed by atoms with E-state index in [0.717, 1.165) is 36.7 Å². The molecular weight excluding hydrogens is 507 g/mol. The average molecular weight is 521 g/mol. The monoisotopic (exact) mass is 521 g/mol. The molecule has 0 spiro atoms. The third kappa shape index (κ3) is 5.47. The maximum atomic E-state index is 14.7. The zero-order chi connectivity index (χ0) is 26.4. The summed E-state index contributed by atoms with van der Waals surface area (Å²) in [6.07, 6.45) is -5.42. The van der Waals surface area contributed by atoms with E-state index in [9.17, 15) is 30.7 Å². The highest BCUT2D eigenvalue weighted by Gasteiger charge is 2.34. The molecule has 0 saturated heterocycles. The Morgan fingerprint density at radius 2 is 1.51 bits per heavy atom. The zero-order valence-corrected chi connectivity index (χ0v) is 18.4. The summed E-state index contributed by atoms with van der Waals surface area (Å²) in [5, 5.41) is 2.56. The van der Waals surface area contributed by atoms with Gasteiger partial charge < -0.3 is 5.32 Å². The number of pyridine rings is 3. The first-order valence-corrected chi connectivity index (χ1v) is 10.7. The van der Waals surface area contributed by atoms with Crippen LogP contribution in [0.2, 0.25) is 0 Å². The summed E-state index contributed by atoms with van der Waals surface area (Å²) in [7, 11) is 0. The normalized spacial score (nSPS) is 14.0. The predicted octanol–water partition coefficient (Wildman–Crippen LogP) is 6.19. The van der Waals surface area contributed by atoms with Gasteiger partial charge in [0.2, 0.25) is 11.9 Å². The fraction of sp³-hybridized carbons (Fsp3) is 0.217. The molecule has 14 heteroatoms. The van der Waals surface area contributed by atoms with Gasteiger partial charge in [-0.2, -0.15) is 40.7 Å². The number of rotatable bonds is 5. The van der Waals surface area contributed by atoms with Crippen LogP contribution in [0.25, 0.3) is 22.9 Å². The summed E-state index contributed by atoms with van der Waals surface area (Å²) in [5.74, 6) is -1.75. The van der Waals surface area contributed by atoms with E-state index in [1.807, 2.05) is 0 Å². The summed E-state index contributed by atoms with van der Waals surface area (Å²) >= 11 is 0. The van der Waals surface area contributed by atoms with Crippen molar-refractivity contribution in [3.8, 4) is 22.9 Å². The van der Waals surface area contributed by atoms with Gasteiger partial charge in [0.1, 0.15) is 17.1 Å². The van der Waals surface area contributed by atoms with Crippen LogP contribution < -0.4 is 5.32 Å². The Morgan fingerprint density at radius 1 is 0.784 bits per heavy atom. The van der Waals surface area contributed by atoms with Gasteiger partial charge in [-0.3, -0.25) is 4.98 Å². The first-order valence-electron chi connectivity index (χ1n) is 10.7. The Kier molecular flexibility index (Phi) is 5.96. The van der Waals surface area contributed by atoms with Crippen LogP contribution in [0.5, 0.6) is 0 Å². The molecule has 1 saturated carbocycles. The summed E-state index contributed by atoms with van der Waals surface area (Å²) in [6.45, 7) is 0. The molecule has 37 heavy (non-hydrogen) atoms. The van der Waals surface area contributed by atoms with Gasteiger partial charge >= 0.3 is 12.4 Å². The number of aromatic nitrogens is 6. The molecule has 190 valence electrons. The van der Waals surface area contributed by atoms with Gasteiger partial charge in [0, 0.05) is 18.1 Å². The average Bonchev–Trinajstić information content (AvgIpc) is 3.69. The second-order valence-corrected chi connectivity index (χ2v) is 8.15. The Hall–Kier alpha value is -4.23. The van der Waals surface area contributed by atoms with Gasteiger partial charge in [0.25, 0.3) is 0 Å². The van der Waals surface area contributed by atoms with E-state index in [1.54, 1.807) is 0 Å². The van der Waals surface area contributed by atoms with Crippen molar-refractivity contribution in [2.45, 2.75) is 31.1 Å². The lowest BCUT2D eigenvalue weighted by molar-refractivity contribution is -0.141. The SMILES string of the molecule is Fc1ncc(C2CC2)cc1-c1nc(Nc2ccnc(C(F)(F)F)c2)nc(-c2cccc(C(F)(F)F)n2)n1. The Morgan fingerprint density at radius 3 is 2.22 bits per heavy atom. The van der Waals surface area contributed by atoms with Crippen LogP contribution in [0.1, 0.15) is 35.7 Å². The lowest BCUT2D eigenvalue weighted by atomic mass is 10.1. The largest absolute Gasteiger partial charge is 0.433 e. The summed E-state index contributed by atoms with van der Waals surface area (Å²) in [5.41, 5.74) is -2.25.